The highest BCUT2D eigenvalue weighted by Gasteiger charge is 2.38. The molecule has 2 atom stereocenters. The molecule has 0 saturated carbocycles. The molecule has 0 aromatic heterocycles. The van der Waals surface area contributed by atoms with Crippen LogP contribution < -0.4 is 5.43 Å². The van der Waals surface area contributed by atoms with Crippen LogP contribution in [0.15, 0.2) is 35.4 Å². The highest BCUT2D eigenvalue weighted by Crippen LogP contribution is 2.14. The maximum atomic E-state index is 10.9. The van der Waals surface area contributed by atoms with Crippen LogP contribution in [0.5, 0.6) is 0 Å². The first-order chi connectivity index (χ1) is 7.20. The summed E-state index contributed by atoms with van der Waals surface area (Å²) in [5.74, 6) is 0. The zero-order chi connectivity index (χ0) is 10.8. The van der Waals surface area contributed by atoms with Crippen LogP contribution in [-0.4, -0.2) is 22.7 Å². The molecule has 0 fully saturated rings. The molecule has 0 bridgehead atoms. The number of rotatable bonds is 2. The molecular weight excluding hydrogens is 194 g/mol. The molecule has 15 heavy (non-hydrogen) atoms. The molecule has 1 heterocycles. The first-order valence-electron chi connectivity index (χ1n) is 4.72. The normalized spacial score (nSPS) is 24.5. The van der Waals surface area contributed by atoms with Crippen molar-refractivity contribution in [2.75, 3.05) is 0 Å². The number of nitrogens with zero attached hydrogens (tertiary/aromatic N) is 2. The molecule has 1 aromatic rings. The van der Waals surface area contributed by atoms with Crippen LogP contribution in [0.2, 0.25) is 0 Å². The van der Waals surface area contributed by atoms with Crippen molar-refractivity contribution >= 4 is 5.71 Å². The Balaban J connectivity index is 2.34. The molecule has 0 radical (unpaired) electrons. The largest absolute Gasteiger partial charge is 0.299 e. The van der Waals surface area contributed by atoms with Gasteiger partial charge in [0.25, 0.3) is 6.04 Å². The Morgan fingerprint density at radius 1 is 1.40 bits per heavy atom. The van der Waals surface area contributed by atoms with Gasteiger partial charge in [0.2, 0.25) is 0 Å². The first kappa shape index (κ1) is 9.64. The molecular formula is C10H11N3O2. The fraction of sp³-hybridized carbons (Fsp3) is 0.300. The predicted molar refractivity (Wildman–Crippen MR) is 56.4 cm³/mol. The summed E-state index contributed by atoms with van der Waals surface area (Å²) in [5.41, 5.74) is 4.06. The fourth-order valence-electron chi connectivity index (χ4n) is 1.67. The van der Waals surface area contributed by atoms with Crippen molar-refractivity contribution in [3.63, 3.8) is 0 Å². The molecule has 5 heteroatoms. The zero-order valence-corrected chi connectivity index (χ0v) is 8.25. The summed E-state index contributed by atoms with van der Waals surface area (Å²) in [6, 6.07) is 8.21. The molecule has 0 aliphatic carbocycles. The lowest BCUT2D eigenvalue weighted by atomic mass is 10.0. The van der Waals surface area contributed by atoms with E-state index in [4.69, 9.17) is 0 Å². The van der Waals surface area contributed by atoms with Gasteiger partial charge in [-0.05, 0) is 6.92 Å². The highest BCUT2D eigenvalue weighted by molar-refractivity contribution is 6.04. The number of nitro groups is 1. The summed E-state index contributed by atoms with van der Waals surface area (Å²) in [6.07, 6.45) is 0. The van der Waals surface area contributed by atoms with Gasteiger partial charge in [0.1, 0.15) is 11.8 Å². The van der Waals surface area contributed by atoms with Crippen molar-refractivity contribution in [2.45, 2.75) is 19.0 Å². The van der Waals surface area contributed by atoms with E-state index in [9.17, 15) is 10.1 Å². The van der Waals surface area contributed by atoms with Crippen LogP contribution in [0.3, 0.4) is 0 Å². The Morgan fingerprint density at radius 3 is 2.67 bits per heavy atom. The van der Waals surface area contributed by atoms with E-state index in [1.165, 1.54) is 0 Å². The topological polar surface area (TPSA) is 67.5 Å². The molecule has 0 spiro atoms. The van der Waals surface area contributed by atoms with E-state index >= 15 is 0 Å². The van der Waals surface area contributed by atoms with Crippen molar-refractivity contribution in [3.8, 4) is 0 Å². The molecule has 2 rings (SSSR count). The van der Waals surface area contributed by atoms with Gasteiger partial charge in [-0.15, -0.1) is 0 Å². The summed E-state index contributed by atoms with van der Waals surface area (Å²) in [4.78, 5) is 10.6. The summed E-state index contributed by atoms with van der Waals surface area (Å²) in [5, 5.41) is 14.9. The average Bonchev–Trinajstić information content (AvgIpc) is 2.61. The number of benzene rings is 1. The van der Waals surface area contributed by atoms with Crippen molar-refractivity contribution in [3.05, 3.63) is 46.0 Å². The fourth-order valence-corrected chi connectivity index (χ4v) is 1.67. The SMILES string of the molecule is CC1NN=C(c2ccccc2)C1[N+](=O)[O-]. The molecule has 1 N–H and O–H groups in total. The Bertz CT molecular complexity index is 402. The van der Waals surface area contributed by atoms with Crippen molar-refractivity contribution in [2.24, 2.45) is 5.10 Å². The van der Waals surface area contributed by atoms with Gasteiger partial charge < -0.3 is 0 Å². The highest BCUT2D eigenvalue weighted by atomic mass is 16.6. The summed E-state index contributed by atoms with van der Waals surface area (Å²) < 4.78 is 0. The van der Waals surface area contributed by atoms with Gasteiger partial charge >= 0.3 is 0 Å². The van der Waals surface area contributed by atoms with E-state index in [-0.39, 0.29) is 11.0 Å². The van der Waals surface area contributed by atoms with Gasteiger partial charge in [0, 0.05) is 10.5 Å². The molecule has 0 amide bonds. The van der Waals surface area contributed by atoms with Gasteiger partial charge in [-0.2, -0.15) is 5.10 Å². The lowest BCUT2D eigenvalue weighted by Crippen LogP contribution is -2.38. The van der Waals surface area contributed by atoms with Gasteiger partial charge in [-0.25, -0.2) is 0 Å². The Hall–Kier alpha value is -1.91. The van der Waals surface area contributed by atoms with Gasteiger partial charge in [-0.3, -0.25) is 15.5 Å². The maximum Gasteiger partial charge on any atom is 0.277 e. The lowest BCUT2D eigenvalue weighted by molar-refractivity contribution is -0.504. The lowest BCUT2D eigenvalue weighted by Gasteiger charge is -2.08. The minimum atomic E-state index is -0.757. The monoisotopic (exact) mass is 205 g/mol. The van der Waals surface area contributed by atoms with E-state index in [0.717, 1.165) is 5.56 Å². The quantitative estimate of drug-likeness (QED) is 0.579. The molecule has 0 saturated heterocycles. The molecule has 2 unspecified atom stereocenters. The van der Waals surface area contributed by atoms with Gasteiger partial charge in [-0.1, -0.05) is 30.3 Å². The number of nitrogens with one attached hydrogen (secondary N) is 1. The third kappa shape index (κ3) is 1.68. The van der Waals surface area contributed by atoms with E-state index in [1.54, 1.807) is 6.92 Å². The number of hydrazone groups is 1. The second kappa shape index (κ2) is 3.68. The zero-order valence-electron chi connectivity index (χ0n) is 8.25. The Kier molecular flexibility index (Phi) is 2.37. The van der Waals surface area contributed by atoms with Crippen LogP contribution in [-0.2, 0) is 0 Å². The van der Waals surface area contributed by atoms with Crippen LogP contribution in [0.4, 0.5) is 0 Å². The van der Waals surface area contributed by atoms with Crippen LogP contribution in [0.25, 0.3) is 0 Å². The molecule has 1 aliphatic heterocycles. The van der Waals surface area contributed by atoms with E-state index < -0.39 is 6.04 Å². The van der Waals surface area contributed by atoms with E-state index in [1.807, 2.05) is 30.3 Å². The minimum Gasteiger partial charge on any atom is -0.299 e. The summed E-state index contributed by atoms with van der Waals surface area (Å²) in [7, 11) is 0. The van der Waals surface area contributed by atoms with Crippen molar-refractivity contribution < 1.29 is 4.92 Å². The standard InChI is InChI=1S/C10H11N3O2/c1-7-10(13(14)15)9(12-11-7)8-5-3-2-4-6-8/h2-7,10-11H,1H3. The van der Waals surface area contributed by atoms with E-state index in [2.05, 4.69) is 10.5 Å². The Morgan fingerprint density at radius 2 is 2.07 bits per heavy atom. The third-order valence-electron chi connectivity index (χ3n) is 2.44. The molecule has 1 aliphatic rings. The molecule has 1 aromatic carbocycles. The maximum absolute atomic E-state index is 10.9. The smallest absolute Gasteiger partial charge is 0.277 e. The van der Waals surface area contributed by atoms with Gasteiger partial charge in [0.15, 0.2) is 0 Å². The average molecular weight is 205 g/mol. The second-order valence-corrected chi connectivity index (χ2v) is 3.51. The first-order valence-corrected chi connectivity index (χ1v) is 4.72. The number of hydrogen-bond donors (Lipinski definition) is 1. The third-order valence-corrected chi connectivity index (χ3v) is 2.44. The number of hydrogen-bond acceptors (Lipinski definition) is 4. The summed E-state index contributed by atoms with van der Waals surface area (Å²) in [6.45, 7) is 1.76. The van der Waals surface area contributed by atoms with Crippen LogP contribution in [0.1, 0.15) is 12.5 Å². The summed E-state index contributed by atoms with van der Waals surface area (Å²) >= 11 is 0. The van der Waals surface area contributed by atoms with Crippen molar-refractivity contribution in [1.29, 1.82) is 0 Å². The Labute approximate surface area is 87.0 Å². The van der Waals surface area contributed by atoms with Crippen molar-refractivity contribution in [1.82, 2.24) is 5.43 Å². The molecule has 78 valence electrons. The predicted octanol–water partition coefficient (Wildman–Crippen LogP) is 1.03. The minimum absolute atomic E-state index is 0.254. The van der Waals surface area contributed by atoms with Gasteiger partial charge in [0.05, 0.1) is 0 Å². The second-order valence-electron chi connectivity index (χ2n) is 3.51. The van der Waals surface area contributed by atoms with Crippen LogP contribution >= 0.6 is 0 Å². The molecule has 5 nitrogen and oxygen atoms in total. The van der Waals surface area contributed by atoms with E-state index in [0.29, 0.717) is 5.71 Å². The van der Waals surface area contributed by atoms with Crippen LogP contribution in [0, 0.1) is 10.1 Å².